The average Bonchev–Trinajstić information content (AvgIpc) is 2.39. The molecular weight excluding hydrogens is 224 g/mol. The van der Waals surface area contributed by atoms with E-state index in [1.165, 1.54) is 25.7 Å². The highest BCUT2D eigenvalue weighted by Gasteiger charge is 2.08. The number of carbonyl (C=O) groups excluding carboxylic acids is 1. The SMILES string of the molecule is CCCCCCCC(O)Cc1ccccc1C=O. The molecule has 1 aromatic carbocycles. The van der Waals surface area contributed by atoms with Gasteiger partial charge in [-0.3, -0.25) is 4.79 Å². The van der Waals surface area contributed by atoms with Gasteiger partial charge in [0.2, 0.25) is 0 Å². The number of benzene rings is 1. The highest BCUT2D eigenvalue weighted by molar-refractivity contribution is 5.77. The van der Waals surface area contributed by atoms with Crippen molar-refractivity contribution in [3.63, 3.8) is 0 Å². The van der Waals surface area contributed by atoms with E-state index in [-0.39, 0.29) is 6.10 Å². The highest BCUT2D eigenvalue weighted by Crippen LogP contribution is 2.13. The first-order valence-electron chi connectivity index (χ1n) is 6.99. The zero-order chi connectivity index (χ0) is 13.2. The highest BCUT2D eigenvalue weighted by atomic mass is 16.3. The number of aldehydes is 1. The molecule has 0 aliphatic heterocycles. The van der Waals surface area contributed by atoms with E-state index in [9.17, 15) is 9.90 Å². The van der Waals surface area contributed by atoms with Gasteiger partial charge in [-0.1, -0.05) is 63.3 Å². The van der Waals surface area contributed by atoms with Gasteiger partial charge in [-0.25, -0.2) is 0 Å². The van der Waals surface area contributed by atoms with E-state index in [4.69, 9.17) is 0 Å². The van der Waals surface area contributed by atoms with Crippen molar-refractivity contribution in [2.24, 2.45) is 0 Å². The van der Waals surface area contributed by atoms with Crippen molar-refractivity contribution in [2.75, 3.05) is 0 Å². The van der Waals surface area contributed by atoms with Crippen LogP contribution in [0.25, 0.3) is 0 Å². The summed E-state index contributed by atoms with van der Waals surface area (Å²) in [6, 6.07) is 7.49. The molecule has 1 unspecified atom stereocenters. The van der Waals surface area contributed by atoms with Crippen molar-refractivity contribution in [3.05, 3.63) is 35.4 Å². The first kappa shape index (κ1) is 14.9. The monoisotopic (exact) mass is 248 g/mol. The quantitative estimate of drug-likeness (QED) is 0.533. The van der Waals surface area contributed by atoms with Crippen LogP contribution in [0.1, 0.15) is 61.4 Å². The van der Waals surface area contributed by atoms with Gasteiger partial charge in [-0.05, 0) is 18.4 Å². The molecular formula is C16H24O2. The van der Waals surface area contributed by atoms with Gasteiger partial charge in [0.15, 0.2) is 0 Å². The van der Waals surface area contributed by atoms with Crippen molar-refractivity contribution in [1.29, 1.82) is 0 Å². The normalized spacial score (nSPS) is 12.3. The number of unbranched alkanes of at least 4 members (excludes halogenated alkanes) is 4. The van der Waals surface area contributed by atoms with Gasteiger partial charge < -0.3 is 5.11 Å². The lowest BCUT2D eigenvalue weighted by Gasteiger charge is -2.11. The van der Waals surface area contributed by atoms with E-state index in [0.717, 1.165) is 24.7 Å². The van der Waals surface area contributed by atoms with Crippen LogP contribution < -0.4 is 0 Å². The summed E-state index contributed by atoms with van der Waals surface area (Å²) in [5, 5.41) is 9.96. The van der Waals surface area contributed by atoms with Crippen LogP contribution in [0.4, 0.5) is 0 Å². The Labute approximate surface area is 110 Å². The minimum absolute atomic E-state index is 0.326. The van der Waals surface area contributed by atoms with Crippen molar-refractivity contribution in [2.45, 2.75) is 58.0 Å². The second-order valence-corrected chi connectivity index (χ2v) is 4.88. The molecule has 2 heteroatoms. The maximum atomic E-state index is 10.9. The molecule has 0 saturated heterocycles. The number of hydrogen-bond acceptors (Lipinski definition) is 2. The molecule has 0 aliphatic carbocycles. The van der Waals surface area contributed by atoms with E-state index in [1.54, 1.807) is 6.07 Å². The lowest BCUT2D eigenvalue weighted by Crippen LogP contribution is -2.11. The third kappa shape index (κ3) is 5.46. The Morgan fingerprint density at radius 2 is 1.89 bits per heavy atom. The molecule has 18 heavy (non-hydrogen) atoms. The Morgan fingerprint density at radius 1 is 1.17 bits per heavy atom. The molecule has 0 radical (unpaired) electrons. The molecule has 1 aromatic rings. The molecule has 100 valence electrons. The number of hydrogen-bond donors (Lipinski definition) is 1. The second kappa shape index (κ2) is 8.87. The van der Waals surface area contributed by atoms with E-state index >= 15 is 0 Å². The maximum absolute atomic E-state index is 10.9. The minimum Gasteiger partial charge on any atom is -0.393 e. The number of aliphatic hydroxyl groups excluding tert-OH is 1. The molecule has 0 aromatic heterocycles. The first-order chi connectivity index (χ1) is 8.77. The second-order valence-electron chi connectivity index (χ2n) is 4.88. The molecule has 0 bridgehead atoms. The van der Waals surface area contributed by atoms with Crippen LogP contribution in [0, 0.1) is 0 Å². The molecule has 0 amide bonds. The molecule has 0 saturated carbocycles. The zero-order valence-corrected chi connectivity index (χ0v) is 11.3. The number of aliphatic hydroxyl groups is 1. The van der Waals surface area contributed by atoms with Crippen molar-refractivity contribution < 1.29 is 9.90 Å². The van der Waals surface area contributed by atoms with Crippen molar-refractivity contribution in [3.8, 4) is 0 Å². The molecule has 2 nitrogen and oxygen atoms in total. The summed E-state index contributed by atoms with van der Waals surface area (Å²) in [6.07, 6.45) is 8.01. The van der Waals surface area contributed by atoms with Crippen molar-refractivity contribution >= 4 is 6.29 Å². The summed E-state index contributed by atoms with van der Waals surface area (Å²) >= 11 is 0. The van der Waals surface area contributed by atoms with Crippen LogP contribution in [-0.4, -0.2) is 17.5 Å². The van der Waals surface area contributed by atoms with Gasteiger partial charge in [-0.2, -0.15) is 0 Å². The van der Waals surface area contributed by atoms with Gasteiger partial charge in [0.1, 0.15) is 6.29 Å². The van der Waals surface area contributed by atoms with Crippen LogP contribution in [0.3, 0.4) is 0 Å². The predicted octanol–water partition coefficient (Wildman–Crippen LogP) is 3.76. The van der Waals surface area contributed by atoms with E-state index in [2.05, 4.69) is 6.92 Å². The fourth-order valence-electron chi connectivity index (χ4n) is 2.17. The molecule has 0 fully saturated rings. The third-order valence-corrected chi connectivity index (χ3v) is 3.28. The lowest BCUT2D eigenvalue weighted by molar-refractivity contribution is 0.112. The van der Waals surface area contributed by atoms with Gasteiger partial charge in [0.25, 0.3) is 0 Å². The van der Waals surface area contributed by atoms with Crippen molar-refractivity contribution in [1.82, 2.24) is 0 Å². The van der Waals surface area contributed by atoms with Crippen LogP contribution in [0.15, 0.2) is 24.3 Å². The summed E-state index contributed by atoms with van der Waals surface area (Å²) in [6.45, 7) is 2.20. The maximum Gasteiger partial charge on any atom is 0.150 e. The van der Waals surface area contributed by atoms with Crippen LogP contribution in [-0.2, 0) is 6.42 Å². The Balaban J connectivity index is 2.30. The largest absolute Gasteiger partial charge is 0.393 e. The minimum atomic E-state index is -0.326. The Hall–Kier alpha value is -1.15. The van der Waals surface area contributed by atoms with Gasteiger partial charge >= 0.3 is 0 Å². The Morgan fingerprint density at radius 3 is 2.61 bits per heavy atom. The van der Waals surface area contributed by atoms with Crippen LogP contribution in [0.5, 0.6) is 0 Å². The molecule has 0 heterocycles. The fraction of sp³-hybridized carbons (Fsp3) is 0.562. The molecule has 1 atom stereocenters. The molecule has 1 rings (SSSR count). The van der Waals surface area contributed by atoms with Gasteiger partial charge in [0, 0.05) is 5.56 Å². The first-order valence-corrected chi connectivity index (χ1v) is 6.99. The van der Waals surface area contributed by atoms with Crippen LogP contribution in [0.2, 0.25) is 0 Å². The summed E-state index contributed by atoms with van der Waals surface area (Å²) in [7, 11) is 0. The van der Waals surface area contributed by atoms with E-state index in [0.29, 0.717) is 12.0 Å². The third-order valence-electron chi connectivity index (χ3n) is 3.28. The van der Waals surface area contributed by atoms with E-state index in [1.807, 2.05) is 18.2 Å². The zero-order valence-electron chi connectivity index (χ0n) is 11.3. The van der Waals surface area contributed by atoms with Gasteiger partial charge in [-0.15, -0.1) is 0 Å². The Kier molecular flexibility index (Phi) is 7.35. The summed E-state index contributed by atoms with van der Waals surface area (Å²) in [5.74, 6) is 0. The average molecular weight is 248 g/mol. The Bertz CT molecular complexity index is 347. The topological polar surface area (TPSA) is 37.3 Å². The lowest BCUT2D eigenvalue weighted by atomic mass is 9.99. The van der Waals surface area contributed by atoms with Crippen LogP contribution >= 0.6 is 0 Å². The number of carbonyl (C=O) groups is 1. The fourth-order valence-corrected chi connectivity index (χ4v) is 2.17. The smallest absolute Gasteiger partial charge is 0.150 e. The summed E-state index contributed by atoms with van der Waals surface area (Å²) in [4.78, 5) is 10.9. The summed E-state index contributed by atoms with van der Waals surface area (Å²) in [5.41, 5.74) is 1.65. The number of rotatable bonds is 9. The molecule has 1 N–H and O–H groups in total. The standard InChI is InChI=1S/C16H24O2/c1-2-3-4-5-6-11-16(18)12-14-9-7-8-10-15(14)13-17/h7-10,13,16,18H,2-6,11-12H2,1H3. The molecule has 0 aliphatic rings. The molecule has 0 spiro atoms. The van der Waals surface area contributed by atoms with E-state index < -0.39 is 0 Å². The van der Waals surface area contributed by atoms with Gasteiger partial charge in [0.05, 0.1) is 6.10 Å². The summed E-state index contributed by atoms with van der Waals surface area (Å²) < 4.78 is 0. The predicted molar refractivity (Wildman–Crippen MR) is 74.9 cm³/mol.